The predicted octanol–water partition coefficient (Wildman–Crippen LogP) is 1.38. The Labute approximate surface area is 70.2 Å². The minimum Gasteiger partial charge on any atom is -0.289 e. The Balaban J connectivity index is 2.72. The lowest BCUT2D eigenvalue weighted by Crippen LogP contribution is -2.61. The molecule has 11 heavy (non-hydrogen) atoms. The summed E-state index contributed by atoms with van der Waals surface area (Å²) in [6.07, 6.45) is 1.29. The largest absolute Gasteiger partial charge is 0.289 e. The van der Waals surface area contributed by atoms with E-state index in [0.29, 0.717) is 0 Å². The van der Waals surface area contributed by atoms with Crippen LogP contribution in [0.4, 0.5) is 0 Å². The fourth-order valence-electron chi connectivity index (χ4n) is 1.66. The normalized spacial score (nSPS) is 34.1. The zero-order chi connectivity index (χ0) is 8.65. The van der Waals surface area contributed by atoms with Crippen molar-refractivity contribution < 1.29 is 0 Å². The summed E-state index contributed by atoms with van der Waals surface area (Å²) >= 11 is 0. The third kappa shape index (κ3) is 1.42. The van der Waals surface area contributed by atoms with E-state index in [9.17, 15) is 0 Å². The highest BCUT2D eigenvalue weighted by molar-refractivity contribution is 4.86. The van der Waals surface area contributed by atoms with E-state index in [1.165, 1.54) is 13.0 Å². The van der Waals surface area contributed by atoms with Crippen LogP contribution in [0.3, 0.4) is 0 Å². The Bertz CT molecular complexity index is 142. The maximum absolute atomic E-state index is 2.44. The summed E-state index contributed by atoms with van der Waals surface area (Å²) in [7, 11) is 4.41. The Morgan fingerprint density at radius 3 is 2.27 bits per heavy atom. The minimum atomic E-state index is 0.234. The first-order valence-corrected chi connectivity index (χ1v) is 4.40. The van der Waals surface area contributed by atoms with Crippen LogP contribution < -0.4 is 0 Å². The molecule has 1 fully saturated rings. The fourth-order valence-corrected chi connectivity index (χ4v) is 1.66. The molecule has 1 aliphatic heterocycles. The predicted molar refractivity (Wildman–Crippen MR) is 48.6 cm³/mol. The lowest BCUT2D eigenvalue weighted by molar-refractivity contribution is -0.0609. The molecule has 0 saturated carbocycles. The molecule has 0 aliphatic carbocycles. The maximum Gasteiger partial charge on any atom is 0.0677 e. The maximum atomic E-state index is 2.44. The first-order chi connectivity index (χ1) is 4.96. The van der Waals surface area contributed by atoms with Gasteiger partial charge < -0.3 is 0 Å². The van der Waals surface area contributed by atoms with Crippen molar-refractivity contribution >= 4 is 0 Å². The van der Waals surface area contributed by atoms with Gasteiger partial charge in [0.05, 0.1) is 5.66 Å². The van der Waals surface area contributed by atoms with Gasteiger partial charge in [0.2, 0.25) is 0 Å². The van der Waals surface area contributed by atoms with E-state index in [-0.39, 0.29) is 5.66 Å². The number of rotatable bonds is 0. The van der Waals surface area contributed by atoms with Crippen LogP contribution in [-0.2, 0) is 0 Å². The number of nitrogens with zero attached hydrogens (tertiary/aromatic N) is 2. The van der Waals surface area contributed by atoms with Gasteiger partial charge in [-0.1, -0.05) is 0 Å². The molecule has 1 unspecified atom stereocenters. The van der Waals surface area contributed by atoms with Crippen molar-refractivity contribution in [3.05, 3.63) is 0 Å². The van der Waals surface area contributed by atoms with Crippen molar-refractivity contribution in [1.29, 1.82) is 0 Å². The lowest BCUT2D eigenvalue weighted by atomic mass is 10.0. The molecule has 2 heteroatoms. The molecular weight excluding hydrogens is 136 g/mol. The second-order valence-corrected chi connectivity index (χ2v) is 4.16. The van der Waals surface area contributed by atoms with Crippen molar-refractivity contribution in [2.45, 2.75) is 38.9 Å². The van der Waals surface area contributed by atoms with Gasteiger partial charge in [-0.3, -0.25) is 9.80 Å². The summed E-state index contributed by atoms with van der Waals surface area (Å²) in [4.78, 5) is 4.85. The number of hydrogen-bond donors (Lipinski definition) is 0. The minimum absolute atomic E-state index is 0.234. The van der Waals surface area contributed by atoms with Gasteiger partial charge in [0.1, 0.15) is 0 Å². The zero-order valence-corrected chi connectivity index (χ0v) is 8.39. The molecule has 1 atom stereocenters. The Morgan fingerprint density at radius 1 is 1.27 bits per heavy atom. The molecule has 0 aromatic heterocycles. The van der Waals surface area contributed by atoms with Crippen LogP contribution >= 0.6 is 0 Å². The second kappa shape index (κ2) is 2.76. The Morgan fingerprint density at radius 2 is 1.82 bits per heavy atom. The molecule has 0 aromatic carbocycles. The molecule has 2 nitrogen and oxygen atoms in total. The zero-order valence-electron chi connectivity index (χ0n) is 8.39. The third-order valence-corrected chi connectivity index (χ3v) is 3.34. The van der Waals surface area contributed by atoms with Crippen LogP contribution in [0.1, 0.15) is 27.2 Å². The Kier molecular flexibility index (Phi) is 2.26. The van der Waals surface area contributed by atoms with E-state index in [4.69, 9.17) is 0 Å². The highest BCUT2D eigenvalue weighted by Gasteiger charge is 2.34. The SMILES string of the molecule is CC1CCN(C)C(C)(C)N1C. The molecule has 1 aliphatic rings. The fraction of sp³-hybridized carbons (Fsp3) is 1.00. The van der Waals surface area contributed by atoms with E-state index in [1.54, 1.807) is 0 Å². The monoisotopic (exact) mass is 156 g/mol. The van der Waals surface area contributed by atoms with E-state index in [2.05, 4.69) is 44.7 Å². The molecular formula is C9H20N2. The van der Waals surface area contributed by atoms with E-state index in [1.807, 2.05) is 0 Å². The summed E-state index contributed by atoms with van der Waals surface area (Å²) in [5.74, 6) is 0. The van der Waals surface area contributed by atoms with E-state index < -0.39 is 0 Å². The van der Waals surface area contributed by atoms with Gasteiger partial charge in [0.15, 0.2) is 0 Å². The molecule has 0 spiro atoms. The van der Waals surface area contributed by atoms with Crippen molar-refractivity contribution in [3.63, 3.8) is 0 Å². The molecule has 1 heterocycles. The van der Waals surface area contributed by atoms with Gasteiger partial charge >= 0.3 is 0 Å². The van der Waals surface area contributed by atoms with Crippen LogP contribution in [0, 0.1) is 0 Å². The van der Waals surface area contributed by atoms with Crippen molar-refractivity contribution in [3.8, 4) is 0 Å². The summed E-state index contributed by atoms with van der Waals surface area (Å²) < 4.78 is 0. The van der Waals surface area contributed by atoms with Gasteiger partial charge in [0, 0.05) is 12.6 Å². The average molecular weight is 156 g/mol. The van der Waals surface area contributed by atoms with Crippen LogP contribution in [0.25, 0.3) is 0 Å². The molecule has 0 N–H and O–H groups in total. The van der Waals surface area contributed by atoms with Crippen molar-refractivity contribution in [2.24, 2.45) is 0 Å². The van der Waals surface area contributed by atoms with Crippen LogP contribution in [0.2, 0.25) is 0 Å². The molecule has 1 saturated heterocycles. The molecule has 66 valence electrons. The average Bonchev–Trinajstić information content (AvgIpc) is 1.95. The first kappa shape index (κ1) is 9.01. The van der Waals surface area contributed by atoms with Gasteiger partial charge in [-0.25, -0.2) is 0 Å². The standard InChI is InChI=1S/C9H20N2/c1-8-6-7-10(4)9(2,3)11(8)5/h8H,6-7H2,1-5H3. The van der Waals surface area contributed by atoms with E-state index >= 15 is 0 Å². The molecule has 0 aromatic rings. The van der Waals surface area contributed by atoms with Gasteiger partial charge in [-0.2, -0.15) is 0 Å². The highest BCUT2D eigenvalue weighted by atomic mass is 15.4. The smallest absolute Gasteiger partial charge is 0.0677 e. The first-order valence-electron chi connectivity index (χ1n) is 4.40. The topological polar surface area (TPSA) is 6.48 Å². The van der Waals surface area contributed by atoms with Gasteiger partial charge in [-0.05, 0) is 41.3 Å². The summed E-state index contributed by atoms with van der Waals surface area (Å²) in [6.45, 7) is 8.08. The third-order valence-electron chi connectivity index (χ3n) is 3.34. The molecule has 0 bridgehead atoms. The van der Waals surface area contributed by atoms with Gasteiger partial charge in [0.25, 0.3) is 0 Å². The second-order valence-electron chi connectivity index (χ2n) is 4.16. The summed E-state index contributed by atoms with van der Waals surface area (Å²) in [6, 6.07) is 0.723. The molecule has 0 amide bonds. The Hall–Kier alpha value is -0.0800. The van der Waals surface area contributed by atoms with E-state index in [0.717, 1.165) is 6.04 Å². The summed E-state index contributed by atoms with van der Waals surface area (Å²) in [5.41, 5.74) is 0.234. The summed E-state index contributed by atoms with van der Waals surface area (Å²) in [5, 5.41) is 0. The molecule has 0 radical (unpaired) electrons. The lowest BCUT2D eigenvalue weighted by Gasteiger charge is -2.50. The van der Waals surface area contributed by atoms with Gasteiger partial charge in [-0.15, -0.1) is 0 Å². The number of hydrogen-bond acceptors (Lipinski definition) is 2. The van der Waals surface area contributed by atoms with Crippen LogP contribution in [0.5, 0.6) is 0 Å². The van der Waals surface area contributed by atoms with Crippen LogP contribution in [-0.4, -0.2) is 42.1 Å². The molecule has 1 rings (SSSR count). The van der Waals surface area contributed by atoms with Crippen molar-refractivity contribution in [1.82, 2.24) is 9.80 Å². The van der Waals surface area contributed by atoms with Crippen molar-refractivity contribution in [2.75, 3.05) is 20.6 Å². The van der Waals surface area contributed by atoms with Crippen LogP contribution in [0.15, 0.2) is 0 Å². The quantitative estimate of drug-likeness (QED) is 0.523. The highest BCUT2D eigenvalue weighted by Crippen LogP contribution is 2.25.